The molecular weight excluding hydrogens is 205 g/mol. The second-order valence-electron chi connectivity index (χ2n) is 4.13. The Labute approximate surface area is 117 Å². The third-order valence-corrected chi connectivity index (χ3v) is 2.77. The summed E-state index contributed by atoms with van der Waals surface area (Å²) in [5.74, 6) is 0.446. The minimum atomic E-state index is 0. The van der Waals surface area contributed by atoms with Crippen LogP contribution in [0, 0.1) is 6.07 Å². The molecule has 0 saturated heterocycles. The van der Waals surface area contributed by atoms with E-state index in [9.17, 15) is 4.79 Å². The third kappa shape index (κ3) is 3.91. The Bertz CT molecular complexity index is 359. The number of nitrogens with zero attached hydrogens (tertiary/aromatic N) is 1. The van der Waals surface area contributed by atoms with Crippen LogP contribution in [-0.2, 0) is 0 Å². The van der Waals surface area contributed by atoms with Gasteiger partial charge in [-0.25, -0.2) is 0 Å². The van der Waals surface area contributed by atoms with Gasteiger partial charge in [0, 0.05) is 13.1 Å². The Hall–Kier alpha value is -0.713. The summed E-state index contributed by atoms with van der Waals surface area (Å²) in [5, 5.41) is 0. The van der Waals surface area contributed by atoms with Crippen molar-refractivity contribution >= 4 is 5.91 Å². The molecule has 0 atom stereocenters. The van der Waals surface area contributed by atoms with Crippen LogP contribution >= 0.6 is 0 Å². The molecule has 1 rings (SSSR count). The summed E-state index contributed by atoms with van der Waals surface area (Å²) in [4.78, 5) is 14.1. The number of benzene rings is 1. The minimum absolute atomic E-state index is 0. The summed E-state index contributed by atoms with van der Waals surface area (Å²) in [5.41, 5.74) is 1.81. The van der Waals surface area contributed by atoms with Crippen LogP contribution in [0.3, 0.4) is 0 Å². The normalized spacial score (nSPS) is 9.94. The minimum Gasteiger partial charge on any atom is -0.379 e. The summed E-state index contributed by atoms with van der Waals surface area (Å²) < 4.78 is 0. The van der Waals surface area contributed by atoms with E-state index in [0.29, 0.717) is 5.92 Å². The summed E-state index contributed by atoms with van der Waals surface area (Å²) in [6.07, 6.45) is 0. The van der Waals surface area contributed by atoms with Crippen molar-refractivity contribution in [3.63, 3.8) is 0 Å². The smallest absolute Gasteiger partial charge is 0.379 e. The SMILES string of the molecule is CCN(CC)C(=O)c1[c-]cccc1C(C)C.[Li+]. The second-order valence-corrected chi connectivity index (χ2v) is 4.13. The van der Waals surface area contributed by atoms with Gasteiger partial charge < -0.3 is 9.69 Å². The maximum absolute atomic E-state index is 12.2. The zero-order chi connectivity index (χ0) is 12.1. The van der Waals surface area contributed by atoms with Crippen LogP contribution in [0.25, 0.3) is 0 Å². The molecule has 88 valence electrons. The standard InChI is InChI=1S/C14H20NO.Li/c1-5-15(6-2)14(16)13-10-8-7-9-12(13)11(3)4;/h7-9,11H,5-6H2,1-4H3;/q-1;+1. The molecule has 0 fully saturated rings. The summed E-state index contributed by atoms with van der Waals surface area (Å²) in [6, 6.07) is 8.83. The fourth-order valence-electron chi connectivity index (χ4n) is 1.79. The van der Waals surface area contributed by atoms with E-state index in [1.54, 1.807) is 0 Å². The zero-order valence-corrected chi connectivity index (χ0v) is 11.6. The molecule has 0 aliphatic carbocycles. The van der Waals surface area contributed by atoms with Crippen molar-refractivity contribution in [2.24, 2.45) is 0 Å². The van der Waals surface area contributed by atoms with E-state index in [0.717, 1.165) is 24.2 Å². The van der Waals surface area contributed by atoms with Crippen LogP contribution in [0.1, 0.15) is 49.5 Å². The van der Waals surface area contributed by atoms with Crippen molar-refractivity contribution in [1.29, 1.82) is 0 Å². The molecule has 0 aromatic heterocycles. The molecule has 0 spiro atoms. The molecule has 1 amide bonds. The molecule has 0 radical (unpaired) electrons. The molecule has 0 heterocycles. The Morgan fingerprint density at radius 3 is 2.41 bits per heavy atom. The Morgan fingerprint density at radius 2 is 1.94 bits per heavy atom. The molecule has 0 N–H and O–H groups in total. The monoisotopic (exact) mass is 225 g/mol. The van der Waals surface area contributed by atoms with Crippen molar-refractivity contribution in [2.75, 3.05) is 13.1 Å². The van der Waals surface area contributed by atoms with Gasteiger partial charge in [-0.3, -0.25) is 0 Å². The number of hydrogen-bond donors (Lipinski definition) is 0. The van der Waals surface area contributed by atoms with Crippen molar-refractivity contribution in [3.8, 4) is 0 Å². The summed E-state index contributed by atoms with van der Waals surface area (Å²) in [7, 11) is 0. The van der Waals surface area contributed by atoms with E-state index < -0.39 is 0 Å². The Kier molecular flexibility index (Phi) is 7.26. The van der Waals surface area contributed by atoms with Crippen LogP contribution in [0.4, 0.5) is 0 Å². The van der Waals surface area contributed by atoms with Crippen molar-refractivity contribution in [3.05, 3.63) is 35.4 Å². The van der Waals surface area contributed by atoms with Gasteiger partial charge >= 0.3 is 18.9 Å². The third-order valence-electron chi connectivity index (χ3n) is 2.77. The first kappa shape index (κ1) is 16.3. The van der Waals surface area contributed by atoms with Gasteiger partial charge in [-0.2, -0.15) is 0 Å². The first-order valence-corrected chi connectivity index (χ1v) is 5.91. The predicted molar refractivity (Wildman–Crippen MR) is 66.6 cm³/mol. The maximum atomic E-state index is 12.2. The summed E-state index contributed by atoms with van der Waals surface area (Å²) >= 11 is 0. The van der Waals surface area contributed by atoms with Crippen LogP contribution in [-0.4, -0.2) is 23.9 Å². The van der Waals surface area contributed by atoms with Gasteiger partial charge in [0.05, 0.1) is 0 Å². The fraction of sp³-hybridized carbons (Fsp3) is 0.500. The van der Waals surface area contributed by atoms with Gasteiger partial charge in [0.1, 0.15) is 0 Å². The van der Waals surface area contributed by atoms with E-state index >= 15 is 0 Å². The van der Waals surface area contributed by atoms with Gasteiger partial charge in [0.15, 0.2) is 5.91 Å². The first-order chi connectivity index (χ1) is 7.61. The van der Waals surface area contributed by atoms with Gasteiger partial charge in [-0.15, -0.1) is 29.8 Å². The van der Waals surface area contributed by atoms with E-state index in [1.165, 1.54) is 0 Å². The molecule has 2 nitrogen and oxygen atoms in total. The van der Waals surface area contributed by atoms with Crippen LogP contribution in [0.2, 0.25) is 0 Å². The topological polar surface area (TPSA) is 20.3 Å². The zero-order valence-electron chi connectivity index (χ0n) is 11.6. The first-order valence-electron chi connectivity index (χ1n) is 5.91. The number of carbonyl (C=O) groups excluding carboxylic acids is 1. The Morgan fingerprint density at radius 1 is 1.35 bits per heavy atom. The van der Waals surface area contributed by atoms with E-state index in [1.807, 2.05) is 36.9 Å². The number of amides is 1. The average molecular weight is 225 g/mol. The molecule has 0 bridgehead atoms. The molecule has 1 aromatic rings. The second kappa shape index (κ2) is 7.58. The van der Waals surface area contributed by atoms with Crippen LogP contribution in [0.15, 0.2) is 18.2 Å². The average Bonchev–Trinajstić information content (AvgIpc) is 2.30. The van der Waals surface area contributed by atoms with Crippen molar-refractivity contribution < 1.29 is 23.7 Å². The van der Waals surface area contributed by atoms with Crippen molar-refractivity contribution in [2.45, 2.75) is 33.6 Å². The van der Waals surface area contributed by atoms with Crippen LogP contribution in [0.5, 0.6) is 0 Å². The van der Waals surface area contributed by atoms with Crippen molar-refractivity contribution in [1.82, 2.24) is 4.90 Å². The number of hydrogen-bond acceptors (Lipinski definition) is 1. The number of carbonyl (C=O) groups is 1. The van der Waals surface area contributed by atoms with E-state index in [-0.39, 0.29) is 24.8 Å². The number of rotatable bonds is 4. The largest absolute Gasteiger partial charge is 1.00 e. The quantitative estimate of drug-likeness (QED) is 0.525. The molecule has 0 aliphatic rings. The molecule has 0 aliphatic heterocycles. The molecule has 1 aromatic carbocycles. The summed E-state index contributed by atoms with van der Waals surface area (Å²) in [6.45, 7) is 9.69. The Balaban J connectivity index is 0.00000256. The molecule has 0 unspecified atom stereocenters. The van der Waals surface area contributed by atoms with Gasteiger partial charge in [0.25, 0.3) is 0 Å². The van der Waals surface area contributed by atoms with Gasteiger partial charge in [-0.1, -0.05) is 25.3 Å². The van der Waals surface area contributed by atoms with Gasteiger partial charge in [-0.05, 0) is 13.8 Å². The molecule has 0 saturated carbocycles. The predicted octanol–water partition coefficient (Wildman–Crippen LogP) is 0.0962. The molecule has 3 heteroatoms. The molecule has 17 heavy (non-hydrogen) atoms. The van der Waals surface area contributed by atoms with Crippen LogP contribution < -0.4 is 18.9 Å². The van der Waals surface area contributed by atoms with E-state index in [2.05, 4.69) is 19.9 Å². The van der Waals surface area contributed by atoms with E-state index in [4.69, 9.17) is 0 Å². The van der Waals surface area contributed by atoms with Gasteiger partial charge in [0.2, 0.25) is 0 Å². The maximum Gasteiger partial charge on any atom is 1.00 e. The fourth-order valence-corrected chi connectivity index (χ4v) is 1.79. The molecular formula is C14H20LiNO.